The molecule has 0 radical (unpaired) electrons. The van der Waals surface area contributed by atoms with E-state index in [1.54, 1.807) is 0 Å². The standard InChI is InChI=1S/C24H21FN6O/c1-15-3-8-20(25)23-19(15)11-16(2)31(23)10-9-26-22-12-21(27-13-28-22)17-4-6-18(7-5-17)24-29-14-30-32-24/h3-8,11-14H,9-10H2,1-2H3,(H,26,27,28). The zero-order valence-electron chi connectivity index (χ0n) is 17.7. The molecule has 2 aromatic carbocycles. The zero-order chi connectivity index (χ0) is 22.1. The van der Waals surface area contributed by atoms with Gasteiger partial charge in [0.2, 0.25) is 0 Å². The Morgan fingerprint density at radius 2 is 1.75 bits per heavy atom. The van der Waals surface area contributed by atoms with Gasteiger partial charge in [0.05, 0.1) is 11.2 Å². The van der Waals surface area contributed by atoms with Crippen LogP contribution in [0.3, 0.4) is 0 Å². The number of fused-ring (bicyclic) bond motifs is 1. The first-order valence-corrected chi connectivity index (χ1v) is 10.3. The highest BCUT2D eigenvalue weighted by Crippen LogP contribution is 2.26. The Hall–Kier alpha value is -4.07. The van der Waals surface area contributed by atoms with E-state index in [1.807, 2.05) is 60.9 Å². The molecule has 3 heterocycles. The maximum absolute atomic E-state index is 14.5. The number of nitrogens with one attached hydrogen (secondary N) is 1. The van der Waals surface area contributed by atoms with E-state index in [-0.39, 0.29) is 5.82 Å². The lowest BCUT2D eigenvalue weighted by atomic mass is 10.1. The molecule has 0 atom stereocenters. The van der Waals surface area contributed by atoms with Gasteiger partial charge in [-0.1, -0.05) is 23.4 Å². The van der Waals surface area contributed by atoms with Gasteiger partial charge in [-0.2, -0.15) is 4.98 Å². The van der Waals surface area contributed by atoms with Crippen molar-refractivity contribution in [1.29, 1.82) is 0 Å². The van der Waals surface area contributed by atoms with Crippen LogP contribution >= 0.6 is 0 Å². The van der Waals surface area contributed by atoms with Gasteiger partial charge in [-0.15, -0.1) is 0 Å². The topological polar surface area (TPSA) is 81.7 Å². The first-order chi connectivity index (χ1) is 15.6. The van der Waals surface area contributed by atoms with Gasteiger partial charge in [0.25, 0.3) is 5.89 Å². The van der Waals surface area contributed by atoms with Crippen molar-refractivity contribution in [2.24, 2.45) is 0 Å². The Balaban J connectivity index is 1.31. The molecular formula is C24H21FN6O. The lowest BCUT2D eigenvalue weighted by molar-refractivity contribution is 0.430. The van der Waals surface area contributed by atoms with Gasteiger partial charge in [-0.25, -0.2) is 14.4 Å². The Morgan fingerprint density at radius 1 is 0.938 bits per heavy atom. The largest absolute Gasteiger partial charge is 0.368 e. The van der Waals surface area contributed by atoms with E-state index in [1.165, 1.54) is 18.7 Å². The third kappa shape index (κ3) is 3.71. The normalized spacial score (nSPS) is 11.2. The molecule has 160 valence electrons. The highest BCUT2D eigenvalue weighted by atomic mass is 19.1. The molecule has 7 nitrogen and oxygen atoms in total. The molecule has 8 heteroatoms. The second kappa shape index (κ2) is 8.22. The van der Waals surface area contributed by atoms with Crippen molar-refractivity contribution < 1.29 is 8.91 Å². The van der Waals surface area contributed by atoms with Crippen LogP contribution in [0.2, 0.25) is 0 Å². The number of halogens is 1. The van der Waals surface area contributed by atoms with Crippen LogP contribution in [0.5, 0.6) is 0 Å². The summed E-state index contributed by atoms with van der Waals surface area (Å²) in [6.45, 7) is 5.22. The molecule has 0 bridgehead atoms. The van der Waals surface area contributed by atoms with Gasteiger partial charge in [0.15, 0.2) is 6.33 Å². The molecule has 3 aromatic heterocycles. The van der Waals surface area contributed by atoms with E-state index in [4.69, 9.17) is 4.52 Å². The summed E-state index contributed by atoms with van der Waals surface area (Å²) in [6, 6.07) is 15.0. The van der Waals surface area contributed by atoms with E-state index in [0.29, 0.717) is 30.3 Å². The maximum Gasteiger partial charge on any atom is 0.257 e. The van der Waals surface area contributed by atoms with E-state index in [0.717, 1.165) is 33.5 Å². The van der Waals surface area contributed by atoms with E-state index >= 15 is 0 Å². The van der Waals surface area contributed by atoms with Crippen molar-refractivity contribution in [3.05, 3.63) is 78.3 Å². The summed E-state index contributed by atoms with van der Waals surface area (Å²) in [5.41, 5.74) is 5.33. The number of anilines is 1. The SMILES string of the molecule is Cc1ccc(F)c2c1cc(C)n2CCNc1cc(-c2ccc(-c3ncno3)cc2)ncn1. The number of hydrogen-bond donors (Lipinski definition) is 1. The fourth-order valence-electron chi connectivity index (χ4n) is 3.88. The average molecular weight is 428 g/mol. The van der Waals surface area contributed by atoms with Crippen molar-refractivity contribution in [1.82, 2.24) is 24.7 Å². The van der Waals surface area contributed by atoms with Crippen LogP contribution in [0.25, 0.3) is 33.6 Å². The molecular weight excluding hydrogens is 407 g/mol. The number of aryl methyl sites for hydroxylation is 2. The molecule has 0 amide bonds. The highest BCUT2D eigenvalue weighted by Gasteiger charge is 2.12. The minimum Gasteiger partial charge on any atom is -0.368 e. The Morgan fingerprint density at radius 3 is 2.53 bits per heavy atom. The Kier molecular flexibility index (Phi) is 5.10. The maximum atomic E-state index is 14.5. The summed E-state index contributed by atoms with van der Waals surface area (Å²) in [6.07, 6.45) is 2.90. The molecule has 5 rings (SSSR count). The lowest BCUT2D eigenvalue weighted by Gasteiger charge is -2.11. The molecule has 1 N–H and O–H groups in total. The minimum absolute atomic E-state index is 0.202. The van der Waals surface area contributed by atoms with Crippen LogP contribution in [-0.2, 0) is 6.54 Å². The number of rotatable bonds is 6. The zero-order valence-corrected chi connectivity index (χ0v) is 17.7. The molecule has 0 saturated carbocycles. The second-order valence-electron chi connectivity index (χ2n) is 7.60. The lowest BCUT2D eigenvalue weighted by Crippen LogP contribution is -2.13. The molecule has 5 aromatic rings. The third-order valence-electron chi connectivity index (χ3n) is 5.53. The van der Waals surface area contributed by atoms with Crippen LogP contribution in [0.1, 0.15) is 11.3 Å². The number of aromatic nitrogens is 5. The summed E-state index contributed by atoms with van der Waals surface area (Å²) in [5, 5.41) is 7.91. The number of benzene rings is 2. The second-order valence-corrected chi connectivity index (χ2v) is 7.60. The van der Waals surface area contributed by atoms with Gasteiger partial charge < -0.3 is 14.4 Å². The smallest absolute Gasteiger partial charge is 0.257 e. The first-order valence-electron chi connectivity index (χ1n) is 10.3. The summed E-state index contributed by atoms with van der Waals surface area (Å²) in [5.74, 6) is 0.981. The van der Waals surface area contributed by atoms with E-state index in [9.17, 15) is 4.39 Å². The van der Waals surface area contributed by atoms with Crippen LogP contribution in [0, 0.1) is 19.7 Å². The predicted octanol–water partition coefficient (Wildman–Crippen LogP) is 5.02. The highest BCUT2D eigenvalue weighted by molar-refractivity contribution is 5.85. The molecule has 0 aliphatic rings. The summed E-state index contributed by atoms with van der Waals surface area (Å²) in [7, 11) is 0. The van der Waals surface area contributed by atoms with Crippen LogP contribution < -0.4 is 5.32 Å². The molecule has 0 aliphatic carbocycles. The monoisotopic (exact) mass is 428 g/mol. The first kappa shape index (κ1) is 19.9. The summed E-state index contributed by atoms with van der Waals surface area (Å²) >= 11 is 0. The quantitative estimate of drug-likeness (QED) is 0.409. The fraction of sp³-hybridized carbons (Fsp3) is 0.167. The van der Waals surface area contributed by atoms with Crippen molar-refractivity contribution in [2.75, 3.05) is 11.9 Å². The van der Waals surface area contributed by atoms with Crippen molar-refractivity contribution >= 4 is 16.7 Å². The van der Waals surface area contributed by atoms with Crippen LogP contribution in [-0.4, -0.2) is 31.2 Å². The molecule has 0 fully saturated rings. The number of nitrogens with zero attached hydrogens (tertiary/aromatic N) is 5. The van der Waals surface area contributed by atoms with Crippen LogP contribution in [0.15, 0.2) is 65.7 Å². The molecule has 32 heavy (non-hydrogen) atoms. The summed E-state index contributed by atoms with van der Waals surface area (Å²) in [4.78, 5) is 12.8. The average Bonchev–Trinajstić information content (AvgIpc) is 3.46. The van der Waals surface area contributed by atoms with Gasteiger partial charge in [-0.05, 0) is 43.7 Å². The van der Waals surface area contributed by atoms with Crippen molar-refractivity contribution in [2.45, 2.75) is 20.4 Å². The Labute approximate surface area is 184 Å². The van der Waals surface area contributed by atoms with Crippen LogP contribution in [0.4, 0.5) is 10.2 Å². The fourth-order valence-corrected chi connectivity index (χ4v) is 3.88. The van der Waals surface area contributed by atoms with Gasteiger partial charge >= 0.3 is 0 Å². The van der Waals surface area contributed by atoms with E-state index in [2.05, 4.69) is 25.4 Å². The summed E-state index contributed by atoms with van der Waals surface area (Å²) < 4.78 is 21.6. The third-order valence-corrected chi connectivity index (χ3v) is 5.53. The van der Waals surface area contributed by atoms with E-state index < -0.39 is 0 Å². The minimum atomic E-state index is -0.202. The Bertz CT molecular complexity index is 1380. The molecule has 0 aliphatic heterocycles. The molecule has 0 saturated heterocycles. The van der Waals surface area contributed by atoms with Gasteiger partial charge in [-0.3, -0.25) is 0 Å². The van der Waals surface area contributed by atoms with Crippen molar-refractivity contribution in [3.63, 3.8) is 0 Å². The predicted molar refractivity (Wildman–Crippen MR) is 121 cm³/mol. The van der Waals surface area contributed by atoms with Gasteiger partial charge in [0, 0.05) is 41.4 Å². The van der Waals surface area contributed by atoms with Crippen molar-refractivity contribution in [3.8, 4) is 22.7 Å². The van der Waals surface area contributed by atoms with Gasteiger partial charge in [0.1, 0.15) is 18.0 Å². The molecule has 0 unspecified atom stereocenters. The number of hydrogen-bond acceptors (Lipinski definition) is 6. The molecule has 0 spiro atoms.